The van der Waals surface area contributed by atoms with Crippen LogP contribution < -0.4 is 0 Å². The molecule has 0 aliphatic heterocycles. The van der Waals surface area contributed by atoms with Crippen molar-refractivity contribution < 1.29 is 8.42 Å². The Labute approximate surface area is 128 Å². The van der Waals surface area contributed by atoms with Gasteiger partial charge in [0.2, 0.25) is 10.0 Å². The summed E-state index contributed by atoms with van der Waals surface area (Å²) in [5.41, 5.74) is 4.19. The molecule has 0 bridgehead atoms. The van der Waals surface area contributed by atoms with Gasteiger partial charge < -0.3 is 0 Å². The van der Waals surface area contributed by atoms with Crippen molar-refractivity contribution in [1.82, 2.24) is 9.29 Å². The van der Waals surface area contributed by atoms with E-state index < -0.39 is 10.0 Å². The van der Waals surface area contributed by atoms with Crippen LogP contribution in [0.2, 0.25) is 0 Å². The van der Waals surface area contributed by atoms with Crippen molar-refractivity contribution in [3.63, 3.8) is 0 Å². The molecule has 0 fully saturated rings. The van der Waals surface area contributed by atoms with Crippen LogP contribution in [0, 0.1) is 0 Å². The first-order chi connectivity index (χ1) is 9.51. The van der Waals surface area contributed by atoms with Gasteiger partial charge in [0.25, 0.3) is 0 Å². The molecule has 0 atom stereocenters. The van der Waals surface area contributed by atoms with Gasteiger partial charge in [-0.2, -0.15) is 4.31 Å². The van der Waals surface area contributed by atoms with Crippen molar-refractivity contribution in [2.24, 2.45) is 0 Å². The predicted molar refractivity (Wildman–Crippen MR) is 82.2 cm³/mol. The lowest BCUT2D eigenvalue weighted by atomic mass is 10.2. The number of sulfonamides is 1. The van der Waals surface area contributed by atoms with Crippen LogP contribution in [0.15, 0.2) is 35.2 Å². The molecule has 0 amide bonds. The van der Waals surface area contributed by atoms with E-state index in [9.17, 15) is 8.42 Å². The first kappa shape index (κ1) is 15.4. The zero-order chi connectivity index (χ0) is 14.6. The van der Waals surface area contributed by atoms with Crippen molar-refractivity contribution in [2.45, 2.75) is 18.2 Å². The highest BCUT2D eigenvalue weighted by molar-refractivity contribution is 7.88. The number of nitrogens with zero attached hydrogens (tertiary/aromatic N) is 2. The SMILES string of the molecule is CN(Cc1cscn1)S(=O)(=O)Cc1ccc(CCl)cc1. The van der Waals surface area contributed by atoms with Crippen LogP contribution in [0.3, 0.4) is 0 Å². The van der Waals surface area contributed by atoms with E-state index in [2.05, 4.69) is 4.98 Å². The van der Waals surface area contributed by atoms with Crippen molar-refractivity contribution >= 4 is 33.0 Å². The van der Waals surface area contributed by atoms with Crippen molar-refractivity contribution in [2.75, 3.05) is 7.05 Å². The second-order valence-corrected chi connectivity index (χ2v) is 7.50. The summed E-state index contributed by atoms with van der Waals surface area (Å²) in [5, 5.41) is 1.85. The Morgan fingerprint density at radius 3 is 2.45 bits per heavy atom. The average Bonchev–Trinajstić information content (AvgIpc) is 2.92. The monoisotopic (exact) mass is 330 g/mol. The third-order valence-electron chi connectivity index (χ3n) is 2.87. The van der Waals surface area contributed by atoms with Crippen LogP contribution in [0.5, 0.6) is 0 Å². The third-order valence-corrected chi connectivity index (χ3v) is 5.59. The number of aromatic nitrogens is 1. The Bertz CT molecular complexity index is 640. The van der Waals surface area contributed by atoms with E-state index >= 15 is 0 Å². The average molecular weight is 331 g/mol. The highest BCUT2D eigenvalue weighted by Crippen LogP contribution is 2.14. The number of thiazole rings is 1. The maximum atomic E-state index is 12.3. The molecule has 4 nitrogen and oxygen atoms in total. The van der Waals surface area contributed by atoms with Crippen LogP contribution in [0.1, 0.15) is 16.8 Å². The van der Waals surface area contributed by atoms with E-state index in [-0.39, 0.29) is 5.75 Å². The normalized spacial score (nSPS) is 11.9. The minimum absolute atomic E-state index is 0.0177. The number of alkyl halides is 1. The smallest absolute Gasteiger partial charge is 0.218 e. The van der Waals surface area contributed by atoms with E-state index in [0.29, 0.717) is 12.4 Å². The lowest BCUT2D eigenvalue weighted by Crippen LogP contribution is -2.27. The fourth-order valence-electron chi connectivity index (χ4n) is 1.69. The molecule has 0 saturated heterocycles. The van der Waals surface area contributed by atoms with Crippen LogP contribution in [0.4, 0.5) is 0 Å². The molecule has 0 radical (unpaired) electrons. The number of hydrogen-bond acceptors (Lipinski definition) is 4. The molecule has 0 unspecified atom stereocenters. The van der Waals surface area contributed by atoms with Gasteiger partial charge in [-0.1, -0.05) is 24.3 Å². The maximum Gasteiger partial charge on any atom is 0.218 e. The maximum absolute atomic E-state index is 12.3. The Morgan fingerprint density at radius 2 is 1.90 bits per heavy atom. The van der Waals surface area contributed by atoms with Gasteiger partial charge in [-0.05, 0) is 11.1 Å². The summed E-state index contributed by atoms with van der Waals surface area (Å²) < 4.78 is 25.8. The van der Waals surface area contributed by atoms with E-state index in [0.717, 1.165) is 16.8 Å². The van der Waals surface area contributed by atoms with Gasteiger partial charge >= 0.3 is 0 Å². The molecule has 20 heavy (non-hydrogen) atoms. The molecule has 1 aromatic heterocycles. The topological polar surface area (TPSA) is 50.3 Å². The second-order valence-electron chi connectivity index (χ2n) is 4.44. The standard InChI is InChI=1S/C13H15ClN2O2S2/c1-16(7-13-8-19-10-15-13)20(17,18)9-12-4-2-11(6-14)3-5-12/h2-5,8,10H,6-7,9H2,1H3. The summed E-state index contributed by atoms with van der Waals surface area (Å²) in [4.78, 5) is 4.10. The van der Waals surface area contributed by atoms with Gasteiger partial charge in [0.05, 0.1) is 23.5 Å². The van der Waals surface area contributed by atoms with Crippen molar-refractivity contribution in [1.29, 1.82) is 0 Å². The van der Waals surface area contributed by atoms with Gasteiger partial charge in [-0.15, -0.1) is 22.9 Å². The zero-order valence-corrected chi connectivity index (χ0v) is 13.4. The summed E-state index contributed by atoms with van der Waals surface area (Å²) in [6.45, 7) is 0.297. The molecule has 0 N–H and O–H groups in total. The number of halogens is 1. The summed E-state index contributed by atoms with van der Waals surface area (Å²) in [7, 11) is -1.77. The van der Waals surface area contributed by atoms with Crippen molar-refractivity contribution in [3.05, 3.63) is 52.0 Å². The molecule has 2 rings (SSSR count). The Morgan fingerprint density at radius 1 is 1.25 bits per heavy atom. The quantitative estimate of drug-likeness (QED) is 0.765. The molecule has 108 valence electrons. The predicted octanol–water partition coefficient (Wildman–Crippen LogP) is 2.84. The third kappa shape index (κ3) is 4.02. The Hall–Kier alpha value is -0.950. The summed E-state index contributed by atoms with van der Waals surface area (Å²) >= 11 is 7.17. The minimum atomic E-state index is -3.34. The van der Waals surface area contributed by atoms with Crippen LogP contribution in [-0.2, 0) is 28.2 Å². The fourth-order valence-corrected chi connectivity index (χ4v) is 3.58. The van der Waals surface area contributed by atoms with Crippen molar-refractivity contribution in [3.8, 4) is 0 Å². The van der Waals surface area contributed by atoms with E-state index in [4.69, 9.17) is 11.6 Å². The first-order valence-electron chi connectivity index (χ1n) is 5.96. The first-order valence-corrected chi connectivity index (χ1v) is 9.05. The zero-order valence-electron chi connectivity index (χ0n) is 11.0. The van der Waals surface area contributed by atoms with E-state index in [1.165, 1.54) is 15.6 Å². The molecule has 0 spiro atoms. The molecule has 0 aliphatic carbocycles. The van der Waals surface area contributed by atoms with Gasteiger partial charge in [0.15, 0.2) is 0 Å². The van der Waals surface area contributed by atoms with E-state index in [1.807, 2.05) is 17.5 Å². The Kier molecular flexibility index (Phi) is 5.15. The summed E-state index contributed by atoms with van der Waals surface area (Å²) in [6.07, 6.45) is 0. The van der Waals surface area contributed by atoms with Crippen LogP contribution in [-0.4, -0.2) is 24.8 Å². The summed E-state index contributed by atoms with van der Waals surface area (Å²) in [6, 6.07) is 7.29. The summed E-state index contributed by atoms with van der Waals surface area (Å²) in [5.74, 6) is 0.410. The molecule has 1 aromatic carbocycles. The molecular formula is C13H15ClN2O2S2. The Balaban J connectivity index is 2.05. The highest BCUT2D eigenvalue weighted by Gasteiger charge is 2.19. The van der Waals surface area contributed by atoms with E-state index in [1.54, 1.807) is 24.7 Å². The largest absolute Gasteiger partial charge is 0.248 e. The lowest BCUT2D eigenvalue weighted by molar-refractivity contribution is 0.462. The van der Waals surface area contributed by atoms with Crippen LogP contribution in [0.25, 0.3) is 0 Å². The second kappa shape index (κ2) is 6.67. The minimum Gasteiger partial charge on any atom is -0.248 e. The molecule has 0 aliphatic rings. The number of rotatable bonds is 6. The van der Waals surface area contributed by atoms with Gasteiger partial charge in [0, 0.05) is 18.3 Å². The molecular weight excluding hydrogens is 316 g/mol. The highest BCUT2D eigenvalue weighted by atomic mass is 35.5. The number of benzene rings is 1. The number of hydrogen-bond donors (Lipinski definition) is 0. The molecule has 0 saturated carbocycles. The van der Waals surface area contributed by atoms with Gasteiger partial charge in [-0.3, -0.25) is 0 Å². The molecule has 7 heteroatoms. The molecule has 2 aromatic rings. The van der Waals surface area contributed by atoms with Gasteiger partial charge in [0.1, 0.15) is 0 Å². The fraction of sp³-hybridized carbons (Fsp3) is 0.308. The molecule has 1 heterocycles. The van der Waals surface area contributed by atoms with Gasteiger partial charge in [-0.25, -0.2) is 13.4 Å². The van der Waals surface area contributed by atoms with Crippen LogP contribution >= 0.6 is 22.9 Å². The lowest BCUT2D eigenvalue weighted by Gasteiger charge is -2.16.